The maximum Gasteiger partial charge on any atom is 0.405 e. The Labute approximate surface area is 135 Å². The number of ether oxygens (including phenoxy) is 1. The second-order valence-electron chi connectivity index (χ2n) is 7.01. The molecule has 0 aromatic carbocycles. The Bertz CT molecular complexity index is 383. The standard InChI is InChI=1S/C15H27F3N2O3/c1-14(2,3)23-9-12(21)8-20-6-4-5-11(7-20)13(22)19-10-15(16,17)18/h11-12,21H,4-10H2,1-3H3,(H,19,22). The van der Waals surface area contributed by atoms with Gasteiger partial charge in [0.25, 0.3) is 0 Å². The van der Waals surface area contributed by atoms with Crippen LogP contribution in [0.2, 0.25) is 0 Å². The van der Waals surface area contributed by atoms with Gasteiger partial charge in [0, 0.05) is 13.1 Å². The van der Waals surface area contributed by atoms with Gasteiger partial charge in [-0.3, -0.25) is 9.69 Å². The third-order valence-electron chi connectivity index (χ3n) is 3.52. The highest BCUT2D eigenvalue weighted by Crippen LogP contribution is 2.18. The van der Waals surface area contributed by atoms with E-state index in [1.54, 1.807) is 0 Å². The highest BCUT2D eigenvalue weighted by Gasteiger charge is 2.31. The van der Waals surface area contributed by atoms with Crippen molar-refractivity contribution >= 4 is 5.91 Å². The molecule has 0 saturated carbocycles. The van der Waals surface area contributed by atoms with Crippen molar-refractivity contribution in [3.05, 3.63) is 0 Å². The Hall–Kier alpha value is -0.860. The van der Waals surface area contributed by atoms with Gasteiger partial charge in [-0.15, -0.1) is 0 Å². The van der Waals surface area contributed by atoms with Crippen LogP contribution in [0.3, 0.4) is 0 Å². The van der Waals surface area contributed by atoms with Gasteiger partial charge in [0.15, 0.2) is 0 Å². The molecule has 136 valence electrons. The maximum absolute atomic E-state index is 12.1. The number of alkyl halides is 3. The number of aliphatic hydroxyl groups excluding tert-OH is 1. The van der Waals surface area contributed by atoms with Crippen LogP contribution in [0.1, 0.15) is 33.6 Å². The lowest BCUT2D eigenvalue weighted by Crippen LogP contribution is -2.47. The first kappa shape index (κ1) is 20.2. The molecule has 5 nitrogen and oxygen atoms in total. The first-order valence-electron chi connectivity index (χ1n) is 7.85. The summed E-state index contributed by atoms with van der Waals surface area (Å²) in [5.74, 6) is -1.05. The summed E-state index contributed by atoms with van der Waals surface area (Å²) < 4.78 is 41.9. The van der Waals surface area contributed by atoms with Crippen LogP contribution < -0.4 is 5.32 Å². The molecule has 1 saturated heterocycles. The number of likely N-dealkylation sites (tertiary alicyclic amines) is 1. The molecular formula is C15H27F3N2O3. The number of hydrogen-bond donors (Lipinski definition) is 2. The van der Waals surface area contributed by atoms with Crippen LogP contribution in [0.25, 0.3) is 0 Å². The second kappa shape index (κ2) is 8.30. The van der Waals surface area contributed by atoms with E-state index in [2.05, 4.69) is 0 Å². The summed E-state index contributed by atoms with van der Waals surface area (Å²) in [7, 11) is 0. The number of carbonyl (C=O) groups excluding carboxylic acids is 1. The van der Waals surface area contributed by atoms with Gasteiger partial charge in [0.2, 0.25) is 5.91 Å². The van der Waals surface area contributed by atoms with Crippen molar-refractivity contribution in [2.45, 2.75) is 51.5 Å². The summed E-state index contributed by atoms with van der Waals surface area (Å²) in [6, 6.07) is 0. The maximum atomic E-state index is 12.1. The molecular weight excluding hydrogens is 313 g/mol. The van der Waals surface area contributed by atoms with Crippen LogP contribution in [0, 0.1) is 5.92 Å². The predicted octanol–water partition coefficient (Wildman–Crippen LogP) is 1.55. The number of aliphatic hydroxyl groups is 1. The van der Waals surface area contributed by atoms with Crippen LogP contribution in [-0.2, 0) is 9.53 Å². The zero-order chi connectivity index (χ0) is 17.7. The number of nitrogens with one attached hydrogen (secondary N) is 1. The molecule has 2 unspecified atom stereocenters. The lowest BCUT2D eigenvalue weighted by molar-refractivity contribution is -0.142. The van der Waals surface area contributed by atoms with Crippen molar-refractivity contribution in [3.8, 4) is 0 Å². The van der Waals surface area contributed by atoms with E-state index < -0.39 is 30.7 Å². The van der Waals surface area contributed by atoms with Gasteiger partial charge in [-0.25, -0.2) is 0 Å². The predicted molar refractivity (Wildman–Crippen MR) is 79.9 cm³/mol. The molecule has 23 heavy (non-hydrogen) atoms. The molecule has 0 radical (unpaired) electrons. The van der Waals surface area contributed by atoms with Gasteiger partial charge in [0.1, 0.15) is 6.54 Å². The average molecular weight is 340 g/mol. The minimum absolute atomic E-state index is 0.185. The first-order chi connectivity index (χ1) is 10.5. The van der Waals surface area contributed by atoms with Crippen LogP contribution in [0.15, 0.2) is 0 Å². The zero-order valence-electron chi connectivity index (χ0n) is 13.9. The average Bonchev–Trinajstić information content (AvgIpc) is 2.41. The summed E-state index contributed by atoms with van der Waals surface area (Å²) in [4.78, 5) is 13.7. The van der Waals surface area contributed by atoms with E-state index in [1.165, 1.54) is 0 Å². The Kier molecular flexibility index (Phi) is 7.29. The third kappa shape index (κ3) is 9.12. The van der Waals surface area contributed by atoms with Crippen LogP contribution in [0.5, 0.6) is 0 Å². The van der Waals surface area contributed by atoms with Gasteiger partial charge in [-0.1, -0.05) is 0 Å². The molecule has 2 N–H and O–H groups in total. The quantitative estimate of drug-likeness (QED) is 0.770. The fourth-order valence-corrected chi connectivity index (χ4v) is 2.46. The number of hydrogen-bond acceptors (Lipinski definition) is 4. The summed E-state index contributed by atoms with van der Waals surface area (Å²) >= 11 is 0. The van der Waals surface area contributed by atoms with Gasteiger partial charge in [-0.2, -0.15) is 13.2 Å². The molecule has 0 aromatic rings. The largest absolute Gasteiger partial charge is 0.405 e. The van der Waals surface area contributed by atoms with Crippen molar-refractivity contribution in [2.75, 3.05) is 32.8 Å². The first-order valence-corrected chi connectivity index (χ1v) is 7.85. The van der Waals surface area contributed by atoms with Crippen molar-refractivity contribution in [2.24, 2.45) is 5.92 Å². The SMILES string of the molecule is CC(C)(C)OCC(O)CN1CCCC(C(=O)NCC(F)(F)F)C1. The summed E-state index contributed by atoms with van der Waals surface area (Å²) in [5, 5.41) is 11.9. The number of nitrogens with zero attached hydrogens (tertiary/aromatic N) is 1. The Morgan fingerprint density at radius 2 is 2.04 bits per heavy atom. The van der Waals surface area contributed by atoms with E-state index in [0.717, 1.165) is 13.0 Å². The normalized spacial score (nSPS) is 22.0. The molecule has 1 aliphatic rings. The molecule has 1 rings (SSSR count). The van der Waals surface area contributed by atoms with Crippen molar-refractivity contribution in [1.29, 1.82) is 0 Å². The highest BCUT2D eigenvalue weighted by molar-refractivity contribution is 5.79. The van der Waals surface area contributed by atoms with Crippen LogP contribution in [0.4, 0.5) is 13.2 Å². The van der Waals surface area contributed by atoms with E-state index in [-0.39, 0.29) is 12.2 Å². The van der Waals surface area contributed by atoms with Gasteiger partial charge < -0.3 is 15.2 Å². The molecule has 1 heterocycles. The number of amides is 1. The number of β-amino-alcohol motifs (C(OH)–C–C–N with tert-alkyl or cyclic N) is 1. The summed E-state index contributed by atoms with van der Waals surface area (Å²) in [6.07, 6.45) is -3.80. The Morgan fingerprint density at radius 1 is 1.39 bits per heavy atom. The number of piperidine rings is 1. The zero-order valence-corrected chi connectivity index (χ0v) is 13.9. The Balaban J connectivity index is 2.37. The molecule has 8 heteroatoms. The van der Waals surface area contributed by atoms with Gasteiger partial charge in [-0.05, 0) is 40.2 Å². The lowest BCUT2D eigenvalue weighted by atomic mass is 9.97. The van der Waals surface area contributed by atoms with E-state index >= 15 is 0 Å². The highest BCUT2D eigenvalue weighted by atomic mass is 19.4. The fraction of sp³-hybridized carbons (Fsp3) is 0.933. The molecule has 1 fully saturated rings. The minimum atomic E-state index is -4.40. The van der Waals surface area contributed by atoms with Crippen LogP contribution >= 0.6 is 0 Å². The monoisotopic (exact) mass is 340 g/mol. The van der Waals surface area contributed by atoms with Crippen LogP contribution in [-0.4, -0.2) is 66.6 Å². The number of halogens is 3. The molecule has 0 aromatic heterocycles. The van der Waals surface area contributed by atoms with Crippen molar-refractivity contribution in [1.82, 2.24) is 10.2 Å². The van der Waals surface area contributed by atoms with Gasteiger partial charge in [0.05, 0.1) is 24.2 Å². The number of rotatable bonds is 6. The van der Waals surface area contributed by atoms with E-state index in [0.29, 0.717) is 19.5 Å². The summed E-state index contributed by atoms with van der Waals surface area (Å²) in [6.45, 7) is 5.98. The molecule has 1 aliphatic heterocycles. The fourth-order valence-electron chi connectivity index (χ4n) is 2.46. The topological polar surface area (TPSA) is 61.8 Å². The lowest BCUT2D eigenvalue weighted by Gasteiger charge is -2.33. The van der Waals surface area contributed by atoms with E-state index in [1.807, 2.05) is 31.0 Å². The molecule has 2 atom stereocenters. The van der Waals surface area contributed by atoms with Crippen molar-refractivity contribution < 1.29 is 27.8 Å². The third-order valence-corrected chi connectivity index (χ3v) is 3.52. The minimum Gasteiger partial charge on any atom is -0.389 e. The molecule has 0 bridgehead atoms. The second-order valence-corrected chi connectivity index (χ2v) is 7.01. The number of carbonyl (C=O) groups is 1. The smallest absolute Gasteiger partial charge is 0.389 e. The van der Waals surface area contributed by atoms with E-state index in [9.17, 15) is 23.1 Å². The Morgan fingerprint density at radius 3 is 2.61 bits per heavy atom. The van der Waals surface area contributed by atoms with Crippen molar-refractivity contribution in [3.63, 3.8) is 0 Å². The van der Waals surface area contributed by atoms with Gasteiger partial charge >= 0.3 is 6.18 Å². The molecule has 0 aliphatic carbocycles. The van der Waals surface area contributed by atoms with E-state index in [4.69, 9.17) is 4.74 Å². The summed E-state index contributed by atoms with van der Waals surface area (Å²) in [5.41, 5.74) is -0.344. The molecule has 1 amide bonds. The molecule has 0 spiro atoms.